The van der Waals surface area contributed by atoms with Gasteiger partial charge in [-0.05, 0) is 44.0 Å². The topological polar surface area (TPSA) is 40.5 Å². The zero-order valence-corrected chi connectivity index (χ0v) is 11.5. The highest BCUT2D eigenvalue weighted by Gasteiger charge is 2.19. The van der Waals surface area contributed by atoms with Crippen molar-refractivity contribution in [3.63, 3.8) is 0 Å². The number of benzene rings is 1. The lowest BCUT2D eigenvalue weighted by atomic mass is 10.1. The first-order valence-corrected chi connectivity index (χ1v) is 6.70. The van der Waals surface area contributed by atoms with E-state index in [0.717, 1.165) is 25.8 Å². The number of carbonyl (C=O) groups is 1. The van der Waals surface area contributed by atoms with Crippen LogP contribution in [0.3, 0.4) is 0 Å². The number of phenolic OH excluding ortho intramolecular Hbond substituents is 1. The zero-order chi connectivity index (χ0) is 13.5. The van der Waals surface area contributed by atoms with Crippen LogP contribution in [0.25, 0.3) is 0 Å². The van der Waals surface area contributed by atoms with Crippen LogP contribution < -0.4 is 0 Å². The fraction of sp³-hybridized carbons (Fsp3) is 0.533. The minimum absolute atomic E-state index is 0.0535. The van der Waals surface area contributed by atoms with Crippen molar-refractivity contribution in [1.29, 1.82) is 0 Å². The average Bonchev–Trinajstić information content (AvgIpc) is 2.39. The Labute approximate surface area is 109 Å². The van der Waals surface area contributed by atoms with E-state index in [9.17, 15) is 9.90 Å². The molecule has 0 aliphatic heterocycles. The van der Waals surface area contributed by atoms with Gasteiger partial charge in [-0.15, -0.1) is 0 Å². The highest BCUT2D eigenvalue weighted by molar-refractivity contribution is 5.94. The van der Waals surface area contributed by atoms with Crippen LogP contribution in [0, 0.1) is 0 Å². The fourth-order valence-corrected chi connectivity index (χ4v) is 1.84. The quantitative estimate of drug-likeness (QED) is 0.839. The summed E-state index contributed by atoms with van der Waals surface area (Å²) in [6.07, 6.45) is 3.05. The Morgan fingerprint density at radius 3 is 2.39 bits per heavy atom. The van der Waals surface area contributed by atoms with E-state index in [-0.39, 0.29) is 17.7 Å². The van der Waals surface area contributed by atoms with Crippen LogP contribution in [-0.4, -0.2) is 28.5 Å². The van der Waals surface area contributed by atoms with Crippen molar-refractivity contribution < 1.29 is 9.90 Å². The Balaban J connectivity index is 2.83. The number of phenols is 1. The Morgan fingerprint density at radius 1 is 1.28 bits per heavy atom. The molecular weight excluding hydrogens is 226 g/mol. The third-order valence-corrected chi connectivity index (χ3v) is 3.25. The second-order valence-electron chi connectivity index (χ2n) is 4.66. The largest absolute Gasteiger partial charge is 0.508 e. The second kappa shape index (κ2) is 7.04. The van der Waals surface area contributed by atoms with Crippen LogP contribution in [0.2, 0.25) is 0 Å². The maximum Gasteiger partial charge on any atom is 0.254 e. The molecule has 1 atom stereocenters. The maximum atomic E-state index is 12.4. The van der Waals surface area contributed by atoms with E-state index >= 15 is 0 Å². The number of nitrogens with zero attached hydrogens (tertiary/aromatic N) is 1. The average molecular weight is 249 g/mol. The summed E-state index contributed by atoms with van der Waals surface area (Å²) < 4.78 is 0. The van der Waals surface area contributed by atoms with Gasteiger partial charge in [0, 0.05) is 18.2 Å². The smallest absolute Gasteiger partial charge is 0.254 e. The number of aromatic hydroxyl groups is 1. The SMILES string of the molecule is CCCCN(C(=O)c1ccc(O)cc1)C(C)CC. The highest BCUT2D eigenvalue weighted by atomic mass is 16.3. The Morgan fingerprint density at radius 2 is 1.89 bits per heavy atom. The van der Waals surface area contributed by atoms with Gasteiger partial charge in [0.1, 0.15) is 5.75 Å². The van der Waals surface area contributed by atoms with Crippen molar-refractivity contribution in [2.45, 2.75) is 46.1 Å². The lowest BCUT2D eigenvalue weighted by Crippen LogP contribution is -2.39. The molecule has 0 saturated heterocycles. The predicted molar refractivity (Wildman–Crippen MR) is 73.8 cm³/mol. The maximum absolute atomic E-state index is 12.4. The van der Waals surface area contributed by atoms with E-state index in [2.05, 4.69) is 20.8 Å². The number of amides is 1. The lowest BCUT2D eigenvalue weighted by molar-refractivity contribution is 0.0685. The van der Waals surface area contributed by atoms with E-state index in [4.69, 9.17) is 0 Å². The number of hydrogen-bond acceptors (Lipinski definition) is 2. The van der Waals surface area contributed by atoms with Crippen molar-refractivity contribution in [2.24, 2.45) is 0 Å². The molecular formula is C15H23NO2. The minimum Gasteiger partial charge on any atom is -0.508 e. The van der Waals surface area contributed by atoms with Gasteiger partial charge in [-0.3, -0.25) is 4.79 Å². The molecule has 1 rings (SSSR count). The standard InChI is InChI=1S/C15H23NO2/c1-4-6-11-16(12(3)5-2)15(18)13-7-9-14(17)10-8-13/h7-10,12,17H,4-6,11H2,1-3H3. The molecule has 0 aromatic heterocycles. The third kappa shape index (κ3) is 3.76. The molecule has 1 aromatic rings. The number of hydrogen-bond donors (Lipinski definition) is 1. The molecule has 1 unspecified atom stereocenters. The van der Waals surface area contributed by atoms with Gasteiger partial charge in [-0.1, -0.05) is 20.3 Å². The third-order valence-electron chi connectivity index (χ3n) is 3.25. The molecule has 0 aliphatic carbocycles. The van der Waals surface area contributed by atoms with Crippen LogP contribution in [0.5, 0.6) is 5.75 Å². The summed E-state index contributed by atoms with van der Waals surface area (Å²) in [5.74, 6) is 0.244. The van der Waals surface area contributed by atoms with Crippen LogP contribution in [0.4, 0.5) is 0 Å². The van der Waals surface area contributed by atoms with Gasteiger partial charge in [-0.2, -0.15) is 0 Å². The zero-order valence-electron chi connectivity index (χ0n) is 11.5. The molecule has 1 N–H and O–H groups in total. The van der Waals surface area contributed by atoms with Gasteiger partial charge >= 0.3 is 0 Å². The summed E-state index contributed by atoms with van der Waals surface area (Å²) in [4.78, 5) is 14.3. The predicted octanol–water partition coefficient (Wildman–Crippen LogP) is 3.43. The summed E-state index contributed by atoms with van der Waals surface area (Å²) in [5, 5.41) is 9.25. The fourth-order valence-electron chi connectivity index (χ4n) is 1.84. The van der Waals surface area contributed by atoms with E-state index < -0.39 is 0 Å². The summed E-state index contributed by atoms with van der Waals surface area (Å²) in [6.45, 7) is 7.09. The normalized spacial score (nSPS) is 12.2. The van der Waals surface area contributed by atoms with Crippen molar-refractivity contribution in [1.82, 2.24) is 4.90 Å². The van der Waals surface area contributed by atoms with E-state index in [1.165, 1.54) is 0 Å². The van der Waals surface area contributed by atoms with Gasteiger partial charge in [0.05, 0.1) is 0 Å². The van der Waals surface area contributed by atoms with Crippen LogP contribution in [0.15, 0.2) is 24.3 Å². The van der Waals surface area contributed by atoms with Gasteiger partial charge in [-0.25, -0.2) is 0 Å². The number of unbranched alkanes of at least 4 members (excludes halogenated alkanes) is 1. The Kier molecular flexibility index (Phi) is 5.69. The molecule has 0 spiro atoms. The molecule has 0 aliphatic rings. The molecule has 3 nitrogen and oxygen atoms in total. The van der Waals surface area contributed by atoms with Crippen LogP contribution >= 0.6 is 0 Å². The number of rotatable bonds is 6. The highest BCUT2D eigenvalue weighted by Crippen LogP contribution is 2.15. The molecule has 18 heavy (non-hydrogen) atoms. The summed E-state index contributed by atoms with van der Waals surface area (Å²) >= 11 is 0. The van der Waals surface area contributed by atoms with Crippen molar-refractivity contribution in [3.05, 3.63) is 29.8 Å². The van der Waals surface area contributed by atoms with Gasteiger partial charge in [0.15, 0.2) is 0 Å². The summed E-state index contributed by atoms with van der Waals surface area (Å²) in [6, 6.07) is 6.72. The molecule has 0 bridgehead atoms. The Hall–Kier alpha value is -1.51. The minimum atomic E-state index is 0.0535. The van der Waals surface area contributed by atoms with Gasteiger partial charge in [0.25, 0.3) is 5.91 Å². The monoisotopic (exact) mass is 249 g/mol. The van der Waals surface area contributed by atoms with E-state index in [0.29, 0.717) is 5.56 Å². The van der Waals surface area contributed by atoms with E-state index in [1.54, 1.807) is 24.3 Å². The molecule has 0 fully saturated rings. The van der Waals surface area contributed by atoms with Crippen molar-refractivity contribution in [3.8, 4) is 5.75 Å². The number of carbonyl (C=O) groups excluding carboxylic acids is 1. The molecule has 100 valence electrons. The lowest BCUT2D eigenvalue weighted by Gasteiger charge is -2.28. The van der Waals surface area contributed by atoms with Crippen molar-refractivity contribution in [2.75, 3.05) is 6.54 Å². The molecule has 1 aromatic carbocycles. The van der Waals surface area contributed by atoms with Crippen LogP contribution in [-0.2, 0) is 0 Å². The second-order valence-corrected chi connectivity index (χ2v) is 4.66. The van der Waals surface area contributed by atoms with E-state index in [1.807, 2.05) is 4.90 Å². The molecule has 0 heterocycles. The van der Waals surface area contributed by atoms with Gasteiger partial charge < -0.3 is 10.0 Å². The summed E-state index contributed by atoms with van der Waals surface area (Å²) in [5.41, 5.74) is 0.643. The van der Waals surface area contributed by atoms with Crippen molar-refractivity contribution >= 4 is 5.91 Å². The first-order valence-electron chi connectivity index (χ1n) is 6.70. The first kappa shape index (κ1) is 14.6. The molecule has 0 saturated carbocycles. The van der Waals surface area contributed by atoms with Crippen LogP contribution in [0.1, 0.15) is 50.4 Å². The molecule has 3 heteroatoms. The summed E-state index contributed by atoms with van der Waals surface area (Å²) in [7, 11) is 0. The molecule has 1 amide bonds. The Bertz CT molecular complexity index is 373. The van der Waals surface area contributed by atoms with Gasteiger partial charge in [0.2, 0.25) is 0 Å². The molecule has 0 radical (unpaired) electrons. The first-order chi connectivity index (χ1) is 8.60.